The summed E-state index contributed by atoms with van der Waals surface area (Å²) in [5, 5.41) is 4.37. The molecule has 0 fully saturated rings. The number of thioether (sulfide) groups is 1. The molecule has 0 aromatic carbocycles. The molecule has 8 heteroatoms. The second-order valence-corrected chi connectivity index (χ2v) is 5.49. The van der Waals surface area contributed by atoms with Crippen LogP contribution < -0.4 is 5.73 Å². The van der Waals surface area contributed by atoms with Crippen LogP contribution in [-0.2, 0) is 15.3 Å². The fourth-order valence-electron chi connectivity index (χ4n) is 1.57. The topological polar surface area (TPSA) is 108 Å². The van der Waals surface area contributed by atoms with Crippen LogP contribution in [0.25, 0.3) is 0 Å². The maximum Gasteiger partial charge on any atom is 0.341 e. The van der Waals surface area contributed by atoms with Crippen molar-refractivity contribution in [2.75, 3.05) is 0 Å². The molecule has 0 radical (unpaired) electrons. The van der Waals surface area contributed by atoms with Gasteiger partial charge in [0.25, 0.3) is 5.91 Å². The number of hydrogen-bond donors (Lipinski definition) is 1. The highest BCUT2D eigenvalue weighted by Crippen LogP contribution is 2.24. The fourth-order valence-corrected chi connectivity index (χ4v) is 2.43. The lowest BCUT2D eigenvalue weighted by Gasteiger charge is -2.11. The summed E-state index contributed by atoms with van der Waals surface area (Å²) in [4.78, 5) is 27.2. The van der Waals surface area contributed by atoms with Crippen LogP contribution in [0.1, 0.15) is 28.7 Å². The third-order valence-electron chi connectivity index (χ3n) is 2.71. The van der Waals surface area contributed by atoms with Crippen molar-refractivity contribution in [2.45, 2.75) is 30.7 Å². The average Bonchev–Trinajstić information content (AvgIpc) is 2.90. The molecule has 0 saturated carbocycles. The summed E-state index contributed by atoms with van der Waals surface area (Å²) >= 11 is 1.33. The van der Waals surface area contributed by atoms with Gasteiger partial charge in [0.15, 0.2) is 6.10 Å². The monoisotopic (exact) mass is 321 g/mol. The van der Waals surface area contributed by atoms with Gasteiger partial charge in [0.2, 0.25) is 0 Å². The van der Waals surface area contributed by atoms with Crippen LogP contribution >= 0.6 is 11.8 Å². The van der Waals surface area contributed by atoms with E-state index in [0.29, 0.717) is 16.5 Å². The van der Waals surface area contributed by atoms with Crippen molar-refractivity contribution < 1.29 is 18.8 Å². The summed E-state index contributed by atoms with van der Waals surface area (Å²) in [6, 6.07) is 5.01. The number of rotatable bonds is 6. The van der Waals surface area contributed by atoms with Gasteiger partial charge in [0, 0.05) is 18.0 Å². The third-order valence-corrected chi connectivity index (χ3v) is 3.75. The number of carbonyl (C=O) groups is 2. The van der Waals surface area contributed by atoms with Gasteiger partial charge in [-0.25, -0.2) is 9.78 Å². The van der Waals surface area contributed by atoms with Crippen LogP contribution in [0.15, 0.2) is 33.9 Å². The standard InChI is InChI=1S/C14H15N3O4S/c1-8-6-10(17-21-8)7-22-13-11(4-3-5-16-13)14(19)20-9(2)12(15)18/h3-6,9H,7H2,1-2H3,(H2,15,18)/t9-/m1/s1. The Balaban J connectivity index is 2.09. The minimum atomic E-state index is -0.997. The number of hydrogen-bond acceptors (Lipinski definition) is 7. The molecule has 116 valence electrons. The summed E-state index contributed by atoms with van der Waals surface area (Å²) in [6.07, 6.45) is 0.578. The molecule has 22 heavy (non-hydrogen) atoms. The van der Waals surface area contributed by atoms with E-state index in [1.54, 1.807) is 25.3 Å². The molecule has 2 heterocycles. The summed E-state index contributed by atoms with van der Waals surface area (Å²) in [6.45, 7) is 3.22. The first kappa shape index (κ1) is 16.0. The van der Waals surface area contributed by atoms with E-state index in [-0.39, 0.29) is 5.56 Å². The Morgan fingerprint density at radius 1 is 1.50 bits per heavy atom. The van der Waals surface area contributed by atoms with Gasteiger partial charge in [-0.3, -0.25) is 4.79 Å². The molecular weight excluding hydrogens is 306 g/mol. The SMILES string of the molecule is Cc1cc(CSc2ncccc2C(=O)O[C@H](C)C(N)=O)no1. The number of nitrogens with two attached hydrogens (primary N) is 1. The molecule has 0 saturated heterocycles. The van der Waals surface area contributed by atoms with Gasteiger partial charge in [0.05, 0.1) is 11.3 Å². The van der Waals surface area contributed by atoms with Crippen molar-refractivity contribution in [1.82, 2.24) is 10.1 Å². The highest BCUT2D eigenvalue weighted by atomic mass is 32.2. The van der Waals surface area contributed by atoms with Crippen molar-refractivity contribution in [3.05, 3.63) is 41.4 Å². The van der Waals surface area contributed by atoms with E-state index in [1.807, 2.05) is 6.07 Å². The van der Waals surface area contributed by atoms with Crippen LogP contribution in [0.5, 0.6) is 0 Å². The Labute approximate surface area is 131 Å². The maximum absolute atomic E-state index is 12.1. The quantitative estimate of drug-likeness (QED) is 0.637. The minimum absolute atomic E-state index is 0.279. The molecule has 0 aliphatic carbocycles. The highest BCUT2D eigenvalue weighted by molar-refractivity contribution is 7.98. The first-order valence-electron chi connectivity index (χ1n) is 6.47. The summed E-state index contributed by atoms with van der Waals surface area (Å²) in [5.74, 6) is -0.130. The lowest BCUT2D eigenvalue weighted by atomic mass is 10.3. The van der Waals surface area contributed by atoms with E-state index < -0.39 is 18.0 Å². The fraction of sp³-hybridized carbons (Fsp3) is 0.286. The van der Waals surface area contributed by atoms with Crippen LogP contribution in [0.2, 0.25) is 0 Å². The number of aromatic nitrogens is 2. The van der Waals surface area contributed by atoms with Crippen molar-refractivity contribution in [3.8, 4) is 0 Å². The van der Waals surface area contributed by atoms with E-state index in [1.165, 1.54) is 18.7 Å². The van der Waals surface area contributed by atoms with Crippen molar-refractivity contribution in [3.63, 3.8) is 0 Å². The van der Waals surface area contributed by atoms with Crippen molar-refractivity contribution in [1.29, 1.82) is 0 Å². The van der Waals surface area contributed by atoms with Gasteiger partial charge in [-0.1, -0.05) is 16.9 Å². The van der Waals surface area contributed by atoms with Crippen LogP contribution in [-0.4, -0.2) is 28.1 Å². The van der Waals surface area contributed by atoms with Gasteiger partial charge in [-0.2, -0.15) is 0 Å². The number of primary amides is 1. The first-order chi connectivity index (χ1) is 10.5. The second-order valence-electron chi connectivity index (χ2n) is 4.52. The van der Waals surface area contributed by atoms with Crippen LogP contribution in [0.3, 0.4) is 0 Å². The zero-order valence-electron chi connectivity index (χ0n) is 12.1. The summed E-state index contributed by atoms with van der Waals surface area (Å²) in [5.41, 5.74) is 6.11. The van der Waals surface area contributed by atoms with E-state index in [2.05, 4.69) is 10.1 Å². The number of ether oxygens (including phenoxy) is 1. The number of nitrogens with zero attached hydrogens (tertiary/aromatic N) is 2. The number of aryl methyl sites for hydroxylation is 1. The van der Waals surface area contributed by atoms with E-state index >= 15 is 0 Å². The van der Waals surface area contributed by atoms with Crippen molar-refractivity contribution in [2.24, 2.45) is 5.73 Å². The molecular formula is C14H15N3O4S. The van der Waals surface area contributed by atoms with Crippen molar-refractivity contribution >= 4 is 23.6 Å². The van der Waals surface area contributed by atoms with Crippen LogP contribution in [0.4, 0.5) is 0 Å². The Morgan fingerprint density at radius 3 is 2.91 bits per heavy atom. The molecule has 1 atom stereocenters. The largest absolute Gasteiger partial charge is 0.449 e. The normalized spacial score (nSPS) is 11.9. The summed E-state index contributed by atoms with van der Waals surface area (Å²) < 4.78 is 9.98. The number of amides is 1. The lowest BCUT2D eigenvalue weighted by molar-refractivity contribution is -0.125. The molecule has 0 unspecified atom stereocenters. The first-order valence-corrected chi connectivity index (χ1v) is 7.46. The lowest BCUT2D eigenvalue weighted by Crippen LogP contribution is -2.30. The maximum atomic E-state index is 12.1. The molecule has 0 aliphatic heterocycles. The Bertz CT molecular complexity index is 686. The van der Waals surface area contributed by atoms with Gasteiger partial charge in [-0.05, 0) is 26.0 Å². The predicted molar refractivity (Wildman–Crippen MR) is 79.1 cm³/mol. The van der Waals surface area contributed by atoms with Gasteiger partial charge in [0.1, 0.15) is 10.8 Å². The minimum Gasteiger partial charge on any atom is -0.449 e. The Hall–Kier alpha value is -2.35. The molecule has 2 aromatic rings. The van der Waals surface area contributed by atoms with Gasteiger partial charge >= 0.3 is 5.97 Å². The molecule has 0 aliphatic rings. The molecule has 2 rings (SSSR count). The molecule has 2 aromatic heterocycles. The molecule has 2 N–H and O–H groups in total. The van der Waals surface area contributed by atoms with E-state index in [0.717, 1.165) is 5.69 Å². The Morgan fingerprint density at radius 2 is 2.27 bits per heavy atom. The number of pyridine rings is 1. The van der Waals surface area contributed by atoms with Gasteiger partial charge < -0.3 is 15.0 Å². The smallest absolute Gasteiger partial charge is 0.341 e. The molecule has 1 amide bonds. The van der Waals surface area contributed by atoms with E-state index in [4.69, 9.17) is 15.0 Å². The zero-order chi connectivity index (χ0) is 16.1. The second kappa shape index (κ2) is 7.08. The molecule has 0 spiro atoms. The number of carbonyl (C=O) groups excluding carboxylic acids is 2. The Kier molecular flexibility index (Phi) is 5.16. The van der Waals surface area contributed by atoms with Crippen LogP contribution in [0, 0.1) is 6.92 Å². The summed E-state index contributed by atoms with van der Waals surface area (Å²) in [7, 11) is 0. The third kappa shape index (κ3) is 4.08. The molecule has 7 nitrogen and oxygen atoms in total. The zero-order valence-corrected chi connectivity index (χ0v) is 12.9. The predicted octanol–water partition coefficient (Wildman–Crippen LogP) is 1.70. The molecule has 0 bridgehead atoms. The average molecular weight is 321 g/mol. The highest BCUT2D eigenvalue weighted by Gasteiger charge is 2.19. The number of esters is 1. The van der Waals surface area contributed by atoms with E-state index in [9.17, 15) is 9.59 Å². The van der Waals surface area contributed by atoms with Gasteiger partial charge in [-0.15, -0.1) is 0 Å².